The molecule has 0 bridgehead atoms. The monoisotopic (exact) mass is 396 g/mol. The number of phenolic OH excluding ortho intramolecular Hbond substituents is 3. The number of benzene rings is 2. The van der Waals surface area contributed by atoms with E-state index in [4.69, 9.17) is 9.15 Å². The van der Waals surface area contributed by atoms with Crippen molar-refractivity contribution in [2.45, 2.75) is 52.6 Å². The molecule has 1 aliphatic rings. The van der Waals surface area contributed by atoms with Crippen LogP contribution in [0.5, 0.6) is 23.0 Å². The highest BCUT2D eigenvalue weighted by Gasteiger charge is 2.42. The molecule has 0 aliphatic carbocycles. The topological polar surface area (TPSA) is 100 Å². The second kappa shape index (κ2) is 6.17. The van der Waals surface area contributed by atoms with E-state index in [1.165, 1.54) is 6.07 Å². The first kappa shape index (κ1) is 19.2. The zero-order chi connectivity index (χ0) is 21.2. The maximum atomic E-state index is 13.3. The fourth-order valence-corrected chi connectivity index (χ4v) is 3.86. The highest BCUT2D eigenvalue weighted by molar-refractivity contribution is 5.98. The van der Waals surface area contributed by atoms with E-state index in [1.807, 2.05) is 40.7 Å². The number of rotatable bonds is 2. The minimum absolute atomic E-state index is 0.0419. The van der Waals surface area contributed by atoms with Gasteiger partial charge in [0.25, 0.3) is 0 Å². The first-order valence-corrected chi connectivity index (χ1v) is 9.54. The normalized spacial score (nSPS) is 17.3. The lowest BCUT2D eigenvalue weighted by molar-refractivity contribution is 0.185. The average molecular weight is 396 g/mol. The molecule has 2 heterocycles. The number of hydrogen-bond acceptors (Lipinski definition) is 6. The lowest BCUT2D eigenvalue weighted by Gasteiger charge is -2.22. The summed E-state index contributed by atoms with van der Waals surface area (Å²) in [6.07, 6.45) is 2.04. The molecule has 29 heavy (non-hydrogen) atoms. The largest absolute Gasteiger partial charge is 0.507 e. The Morgan fingerprint density at radius 2 is 1.83 bits per heavy atom. The Labute approximate surface area is 167 Å². The van der Waals surface area contributed by atoms with Gasteiger partial charge in [-0.05, 0) is 33.3 Å². The molecule has 6 heteroatoms. The van der Waals surface area contributed by atoms with E-state index in [0.29, 0.717) is 23.3 Å². The zero-order valence-corrected chi connectivity index (χ0v) is 17.1. The fourth-order valence-electron chi connectivity index (χ4n) is 3.86. The van der Waals surface area contributed by atoms with Crippen molar-refractivity contribution in [1.29, 1.82) is 0 Å². The van der Waals surface area contributed by atoms with Gasteiger partial charge in [-0.3, -0.25) is 4.79 Å². The van der Waals surface area contributed by atoms with E-state index in [9.17, 15) is 20.1 Å². The van der Waals surface area contributed by atoms with Crippen LogP contribution in [0.15, 0.2) is 33.0 Å². The van der Waals surface area contributed by atoms with E-state index >= 15 is 0 Å². The van der Waals surface area contributed by atoms with Gasteiger partial charge in [-0.15, -0.1) is 0 Å². The number of hydrogen-bond donors (Lipinski definition) is 3. The summed E-state index contributed by atoms with van der Waals surface area (Å²) in [6, 6.07) is 3.07. The summed E-state index contributed by atoms with van der Waals surface area (Å²) in [6.45, 7) is 9.62. The van der Waals surface area contributed by atoms with Crippen LogP contribution in [0.25, 0.3) is 21.9 Å². The third-order valence-electron chi connectivity index (χ3n) is 5.91. The van der Waals surface area contributed by atoms with Crippen LogP contribution in [0, 0.1) is 0 Å². The minimum atomic E-state index is -0.492. The van der Waals surface area contributed by atoms with Crippen molar-refractivity contribution in [3.8, 4) is 23.0 Å². The zero-order valence-electron chi connectivity index (χ0n) is 17.1. The highest BCUT2D eigenvalue weighted by atomic mass is 16.5. The van der Waals surface area contributed by atoms with Crippen molar-refractivity contribution < 1.29 is 24.5 Å². The van der Waals surface area contributed by atoms with Gasteiger partial charge in [0.15, 0.2) is 11.3 Å². The summed E-state index contributed by atoms with van der Waals surface area (Å²) in [7, 11) is 0. The summed E-state index contributed by atoms with van der Waals surface area (Å²) < 4.78 is 11.6. The molecule has 1 aliphatic heterocycles. The Kier molecular flexibility index (Phi) is 4.08. The predicted octanol–water partition coefficient (Wildman–Crippen LogP) is 4.63. The first-order valence-electron chi connectivity index (χ1n) is 9.54. The van der Waals surface area contributed by atoms with Crippen molar-refractivity contribution in [1.82, 2.24) is 0 Å². The summed E-state index contributed by atoms with van der Waals surface area (Å²) in [4.78, 5) is 13.3. The van der Waals surface area contributed by atoms with E-state index < -0.39 is 16.6 Å². The fraction of sp³-hybridized carbons (Fsp3) is 0.348. The molecule has 0 saturated heterocycles. The average Bonchev–Trinajstić information content (AvgIpc) is 2.86. The molecule has 2 aromatic carbocycles. The summed E-state index contributed by atoms with van der Waals surface area (Å²) in [5, 5.41) is 32.0. The number of aromatic hydroxyl groups is 3. The lowest BCUT2D eigenvalue weighted by atomic mass is 9.80. The smallest absolute Gasteiger partial charge is 0.204 e. The summed E-state index contributed by atoms with van der Waals surface area (Å²) in [5.41, 5.74) is 1.03. The van der Waals surface area contributed by atoms with Gasteiger partial charge in [-0.25, -0.2) is 0 Å². The molecular formula is C23H24O6. The lowest BCUT2D eigenvalue weighted by Crippen LogP contribution is -2.29. The molecule has 0 amide bonds. The van der Waals surface area contributed by atoms with Crippen LogP contribution in [0.1, 0.15) is 45.7 Å². The van der Waals surface area contributed by atoms with E-state index in [0.717, 1.165) is 5.57 Å². The first-order chi connectivity index (χ1) is 13.5. The van der Waals surface area contributed by atoms with Gasteiger partial charge < -0.3 is 24.5 Å². The SMILES string of the molecule is CC(C)=CCc1cc2c(=O)c3c(O)c4c(cc3oc2c(O)c1O)O[C@@H](C)C4(C)C. The number of phenols is 3. The van der Waals surface area contributed by atoms with Crippen molar-refractivity contribution >= 4 is 21.9 Å². The number of allylic oxidation sites excluding steroid dienone is 2. The molecule has 6 nitrogen and oxygen atoms in total. The van der Waals surface area contributed by atoms with E-state index in [-0.39, 0.29) is 39.5 Å². The highest BCUT2D eigenvalue weighted by Crippen LogP contribution is 2.50. The number of ether oxygens (including phenoxy) is 1. The van der Waals surface area contributed by atoms with Gasteiger partial charge in [0.1, 0.15) is 28.6 Å². The molecule has 1 aromatic heterocycles. The Morgan fingerprint density at radius 3 is 2.48 bits per heavy atom. The van der Waals surface area contributed by atoms with Crippen molar-refractivity contribution in [2.24, 2.45) is 0 Å². The second-order valence-corrected chi connectivity index (χ2v) is 8.48. The molecule has 1 atom stereocenters. The molecule has 0 unspecified atom stereocenters. The molecule has 3 aromatic rings. The van der Waals surface area contributed by atoms with Gasteiger partial charge in [0.05, 0.1) is 5.39 Å². The molecular weight excluding hydrogens is 372 g/mol. The van der Waals surface area contributed by atoms with Gasteiger partial charge in [0.2, 0.25) is 11.2 Å². The van der Waals surface area contributed by atoms with Crippen LogP contribution in [0.2, 0.25) is 0 Å². The Bertz CT molecular complexity index is 1260. The van der Waals surface area contributed by atoms with Crippen LogP contribution >= 0.6 is 0 Å². The van der Waals surface area contributed by atoms with Crippen molar-refractivity contribution in [3.05, 3.63) is 45.1 Å². The quantitative estimate of drug-likeness (QED) is 0.332. The predicted molar refractivity (Wildman–Crippen MR) is 111 cm³/mol. The van der Waals surface area contributed by atoms with Gasteiger partial charge in [-0.1, -0.05) is 25.5 Å². The summed E-state index contributed by atoms with van der Waals surface area (Å²) in [5.74, 6) is -0.540. The maximum Gasteiger partial charge on any atom is 0.204 e. The van der Waals surface area contributed by atoms with Crippen LogP contribution in [0.3, 0.4) is 0 Å². The second-order valence-electron chi connectivity index (χ2n) is 8.48. The standard InChI is InChI=1S/C23H24O6/c1-10(2)6-7-12-8-13-19(25)16-14(29-22(13)21(27)18(12)24)9-15-17(20(16)26)23(4,5)11(3)28-15/h6,8-9,11,24,26-27H,7H2,1-5H3/t11-/m0/s1. The molecule has 152 valence electrons. The van der Waals surface area contributed by atoms with Gasteiger partial charge in [-0.2, -0.15) is 0 Å². The molecule has 0 radical (unpaired) electrons. The Balaban J connectivity index is 2.09. The molecule has 4 rings (SSSR count). The number of fused-ring (bicyclic) bond motifs is 3. The Hall–Kier alpha value is -3.15. The molecule has 0 saturated carbocycles. The minimum Gasteiger partial charge on any atom is -0.507 e. The Morgan fingerprint density at radius 1 is 1.14 bits per heavy atom. The van der Waals surface area contributed by atoms with Crippen molar-refractivity contribution in [3.63, 3.8) is 0 Å². The van der Waals surface area contributed by atoms with Gasteiger partial charge >= 0.3 is 0 Å². The molecule has 0 fully saturated rings. The van der Waals surface area contributed by atoms with Gasteiger partial charge in [0, 0.05) is 22.6 Å². The maximum absolute atomic E-state index is 13.3. The van der Waals surface area contributed by atoms with Crippen LogP contribution < -0.4 is 10.2 Å². The summed E-state index contributed by atoms with van der Waals surface area (Å²) >= 11 is 0. The van der Waals surface area contributed by atoms with Crippen LogP contribution in [-0.4, -0.2) is 21.4 Å². The molecule has 3 N–H and O–H groups in total. The van der Waals surface area contributed by atoms with Crippen molar-refractivity contribution in [2.75, 3.05) is 0 Å². The molecule has 0 spiro atoms. The van der Waals surface area contributed by atoms with Crippen LogP contribution in [-0.2, 0) is 11.8 Å². The third kappa shape index (κ3) is 2.66. The third-order valence-corrected chi connectivity index (χ3v) is 5.91. The van der Waals surface area contributed by atoms with E-state index in [2.05, 4.69) is 0 Å². The van der Waals surface area contributed by atoms with Crippen LogP contribution in [0.4, 0.5) is 0 Å². The van der Waals surface area contributed by atoms with E-state index in [1.54, 1.807) is 6.07 Å².